The van der Waals surface area contributed by atoms with Crippen LogP contribution in [0, 0.1) is 0 Å². The van der Waals surface area contributed by atoms with Gasteiger partial charge in [-0.15, -0.1) is 0 Å². The van der Waals surface area contributed by atoms with Gasteiger partial charge >= 0.3 is 0 Å². The van der Waals surface area contributed by atoms with Crippen LogP contribution in [0.3, 0.4) is 0 Å². The molecule has 0 heterocycles. The van der Waals surface area contributed by atoms with Crippen molar-refractivity contribution in [1.82, 2.24) is 15.5 Å². The molecule has 1 aliphatic carbocycles. The number of amides is 2. The van der Waals surface area contributed by atoms with Gasteiger partial charge in [-0.05, 0) is 19.4 Å². The topological polar surface area (TPSA) is 61.4 Å². The van der Waals surface area contributed by atoms with E-state index in [1.807, 2.05) is 0 Å². The van der Waals surface area contributed by atoms with E-state index in [-0.39, 0.29) is 11.8 Å². The van der Waals surface area contributed by atoms with Gasteiger partial charge in [0.25, 0.3) is 0 Å². The van der Waals surface area contributed by atoms with Gasteiger partial charge in [-0.1, -0.05) is 26.2 Å². The van der Waals surface area contributed by atoms with Crippen molar-refractivity contribution in [3.8, 4) is 0 Å². The Morgan fingerprint density at radius 3 is 2.32 bits per heavy atom. The number of rotatable bonds is 7. The first kappa shape index (κ1) is 16.0. The van der Waals surface area contributed by atoms with Crippen molar-refractivity contribution in [1.29, 1.82) is 0 Å². The average Bonchev–Trinajstić information content (AvgIpc) is 2.41. The summed E-state index contributed by atoms with van der Waals surface area (Å²) in [4.78, 5) is 24.8. The van der Waals surface area contributed by atoms with E-state index in [4.69, 9.17) is 0 Å². The summed E-state index contributed by atoms with van der Waals surface area (Å²) in [6.45, 7) is 5.98. The zero-order valence-electron chi connectivity index (χ0n) is 12.2. The average molecular weight is 269 g/mol. The van der Waals surface area contributed by atoms with E-state index in [2.05, 4.69) is 22.5 Å². The molecule has 19 heavy (non-hydrogen) atoms. The quantitative estimate of drug-likeness (QED) is 0.675. The minimum Gasteiger partial charge on any atom is -0.355 e. The molecule has 1 saturated carbocycles. The minimum absolute atomic E-state index is 0.0535. The van der Waals surface area contributed by atoms with Crippen molar-refractivity contribution in [2.75, 3.05) is 26.2 Å². The number of nitrogens with zero attached hydrogens (tertiary/aromatic N) is 1. The second-order valence-corrected chi connectivity index (χ2v) is 5.19. The van der Waals surface area contributed by atoms with Gasteiger partial charge in [0.1, 0.15) is 0 Å². The van der Waals surface area contributed by atoms with Crippen LogP contribution >= 0.6 is 0 Å². The third kappa shape index (κ3) is 6.57. The maximum atomic E-state index is 11.8. The summed E-state index contributed by atoms with van der Waals surface area (Å²) in [5.41, 5.74) is 0. The van der Waals surface area contributed by atoms with Crippen LogP contribution in [0.2, 0.25) is 0 Å². The fourth-order valence-corrected chi connectivity index (χ4v) is 2.63. The van der Waals surface area contributed by atoms with Gasteiger partial charge in [0.2, 0.25) is 11.8 Å². The van der Waals surface area contributed by atoms with E-state index in [1.165, 1.54) is 39.0 Å². The third-order valence-corrected chi connectivity index (χ3v) is 3.67. The standard InChI is InChI=1S/C14H27N3O2/c1-3-17(13-7-5-4-6-8-13)11-14(19)16-10-9-15-12(2)18/h13H,3-11H2,1-2H3,(H,15,18)(H,16,19). The van der Waals surface area contributed by atoms with Crippen molar-refractivity contribution in [2.24, 2.45) is 0 Å². The Morgan fingerprint density at radius 1 is 1.11 bits per heavy atom. The van der Waals surface area contributed by atoms with Gasteiger partial charge in [-0.2, -0.15) is 0 Å². The fraction of sp³-hybridized carbons (Fsp3) is 0.857. The van der Waals surface area contributed by atoms with Crippen molar-refractivity contribution < 1.29 is 9.59 Å². The molecule has 0 spiro atoms. The predicted octanol–water partition coefficient (Wildman–Crippen LogP) is 0.893. The molecule has 0 aromatic heterocycles. The monoisotopic (exact) mass is 269 g/mol. The molecule has 0 radical (unpaired) electrons. The Morgan fingerprint density at radius 2 is 1.74 bits per heavy atom. The van der Waals surface area contributed by atoms with Crippen LogP contribution in [0.4, 0.5) is 0 Å². The first-order valence-corrected chi connectivity index (χ1v) is 7.38. The smallest absolute Gasteiger partial charge is 0.234 e. The van der Waals surface area contributed by atoms with E-state index in [1.54, 1.807) is 0 Å². The van der Waals surface area contributed by atoms with Crippen LogP contribution in [0.15, 0.2) is 0 Å². The summed E-state index contributed by atoms with van der Waals surface area (Å²) < 4.78 is 0. The van der Waals surface area contributed by atoms with Crippen molar-refractivity contribution in [3.63, 3.8) is 0 Å². The number of nitrogens with one attached hydrogen (secondary N) is 2. The first-order chi connectivity index (χ1) is 9.13. The summed E-state index contributed by atoms with van der Waals surface area (Å²) in [6.07, 6.45) is 6.33. The molecule has 5 heteroatoms. The van der Waals surface area contributed by atoms with E-state index < -0.39 is 0 Å². The Labute approximate surface area is 116 Å². The number of carbonyl (C=O) groups excluding carboxylic acids is 2. The van der Waals surface area contributed by atoms with Crippen LogP contribution in [0.25, 0.3) is 0 Å². The van der Waals surface area contributed by atoms with Gasteiger partial charge < -0.3 is 10.6 Å². The second kappa shape index (κ2) is 8.91. The Kier molecular flexibility index (Phi) is 7.48. The summed E-state index contributed by atoms with van der Waals surface area (Å²) >= 11 is 0. The predicted molar refractivity (Wildman–Crippen MR) is 75.8 cm³/mol. The van der Waals surface area contributed by atoms with Crippen molar-refractivity contribution in [2.45, 2.75) is 52.0 Å². The van der Waals surface area contributed by atoms with Crippen molar-refractivity contribution >= 4 is 11.8 Å². The molecule has 1 rings (SSSR count). The maximum absolute atomic E-state index is 11.8. The molecular weight excluding hydrogens is 242 g/mol. The molecule has 0 aromatic rings. The number of hydrogen-bond donors (Lipinski definition) is 2. The molecule has 1 aliphatic rings. The highest BCUT2D eigenvalue weighted by molar-refractivity contribution is 5.78. The SMILES string of the molecule is CCN(CC(=O)NCCNC(C)=O)C1CCCCC1. The molecule has 0 saturated heterocycles. The van der Waals surface area contributed by atoms with Gasteiger partial charge in [0, 0.05) is 26.1 Å². The zero-order valence-corrected chi connectivity index (χ0v) is 12.2. The minimum atomic E-state index is -0.0633. The first-order valence-electron chi connectivity index (χ1n) is 7.38. The lowest BCUT2D eigenvalue weighted by Gasteiger charge is -2.32. The Hall–Kier alpha value is -1.10. The molecule has 0 bridgehead atoms. The Bertz CT molecular complexity index is 288. The van der Waals surface area contributed by atoms with Gasteiger partial charge in [0.15, 0.2) is 0 Å². The molecular formula is C14H27N3O2. The zero-order chi connectivity index (χ0) is 14.1. The Balaban J connectivity index is 2.22. The lowest BCUT2D eigenvalue weighted by atomic mass is 9.94. The third-order valence-electron chi connectivity index (χ3n) is 3.67. The largest absolute Gasteiger partial charge is 0.355 e. The summed E-state index contributed by atoms with van der Waals surface area (Å²) in [5, 5.41) is 5.51. The summed E-state index contributed by atoms with van der Waals surface area (Å²) in [5.74, 6) is -0.00980. The highest BCUT2D eigenvalue weighted by atomic mass is 16.2. The van der Waals surface area contributed by atoms with Crippen LogP contribution < -0.4 is 10.6 Å². The number of likely N-dealkylation sites (N-methyl/N-ethyl adjacent to an activating group) is 1. The molecule has 0 aliphatic heterocycles. The fourth-order valence-electron chi connectivity index (χ4n) is 2.63. The molecule has 0 unspecified atom stereocenters. The highest BCUT2D eigenvalue weighted by Crippen LogP contribution is 2.22. The lowest BCUT2D eigenvalue weighted by molar-refractivity contribution is -0.123. The molecule has 0 aromatic carbocycles. The molecule has 2 amide bonds. The van der Waals surface area contributed by atoms with E-state index >= 15 is 0 Å². The lowest BCUT2D eigenvalue weighted by Crippen LogP contribution is -2.45. The number of carbonyl (C=O) groups is 2. The van der Waals surface area contributed by atoms with Crippen LogP contribution in [0.1, 0.15) is 46.0 Å². The van der Waals surface area contributed by atoms with Crippen LogP contribution in [-0.4, -0.2) is 48.9 Å². The number of hydrogen-bond acceptors (Lipinski definition) is 3. The van der Waals surface area contributed by atoms with E-state index in [0.717, 1.165) is 6.54 Å². The van der Waals surface area contributed by atoms with Crippen LogP contribution in [0.5, 0.6) is 0 Å². The van der Waals surface area contributed by atoms with E-state index in [9.17, 15) is 9.59 Å². The second-order valence-electron chi connectivity index (χ2n) is 5.19. The molecule has 5 nitrogen and oxygen atoms in total. The van der Waals surface area contributed by atoms with Crippen molar-refractivity contribution in [3.05, 3.63) is 0 Å². The molecule has 0 atom stereocenters. The van der Waals surface area contributed by atoms with Gasteiger partial charge in [0.05, 0.1) is 6.54 Å². The molecule has 2 N–H and O–H groups in total. The van der Waals surface area contributed by atoms with Gasteiger partial charge in [-0.3, -0.25) is 14.5 Å². The van der Waals surface area contributed by atoms with Gasteiger partial charge in [-0.25, -0.2) is 0 Å². The van der Waals surface area contributed by atoms with Crippen LogP contribution in [-0.2, 0) is 9.59 Å². The molecule has 1 fully saturated rings. The summed E-state index contributed by atoms with van der Waals surface area (Å²) in [7, 11) is 0. The maximum Gasteiger partial charge on any atom is 0.234 e. The summed E-state index contributed by atoms with van der Waals surface area (Å²) in [6, 6.07) is 0.569. The normalized spacial score (nSPS) is 16.4. The van der Waals surface area contributed by atoms with E-state index in [0.29, 0.717) is 25.7 Å². The highest BCUT2D eigenvalue weighted by Gasteiger charge is 2.21. The molecule has 110 valence electrons.